The predicted octanol–water partition coefficient (Wildman–Crippen LogP) is 4.83. The van der Waals surface area contributed by atoms with E-state index >= 15 is 0 Å². The third-order valence-electron chi connectivity index (χ3n) is 5.22. The second-order valence-corrected chi connectivity index (χ2v) is 8.17. The molecular weight excluding hydrogens is 450 g/mol. The Balaban J connectivity index is 1.35. The Bertz CT molecular complexity index is 1290. The second kappa shape index (κ2) is 11.3. The van der Waals surface area contributed by atoms with Gasteiger partial charge in [-0.2, -0.15) is 4.68 Å². The van der Waals surface area contributed by atoms with Gasteiger partial charge < -0.3 is 10.1 Å². The van der Waals surface area contributed by atoms with Gasteiger partial charge in [-0.1, -0.05) is 54.1 Å². The van der Waals surface area contributed by atoms with Crippen LogP contribution in [0, 0.1) is 0 Å². The van der Waals surface area contributed by atoms with Crippen LogP contribution in [-0.2, 0) is 13.0 Å². The summed E-state index contributed by atoms with van der Waals surface area (Å²) >= 11 is 5.90. The first-order valence-corrected chi connectivity index (χ1v) is 11.4. The quantitative estimate of drug-likeness (QED) is 0.353. The van der Waals surface area contributed by atoms with Gasteiger partial charge >= 0.3 is 0 Å². The molecule has 0 saturated carbocycles. The molecule has 4 aromatic rings. The van der Waals surface area contributed by atoms with Crippen LogP contribution in [0.15, 0.2) is 95.8 Å². The van der Waals surface area contributed by atoms with Crippen LogP contribution in [0.3, 0.4) is 0 Å². The number of ether oxygens (including phenoxy) is 1. The number of rotatable bonds is 9. The van der Waals surface area contributed by atoms with E-state index in [9.17, 15) is 9.59 Å². The van der Waals surface area contributed by atoms with Gasteiger partial charge in [0.25, 0.3) is 11.5 Å². The topological polar surface area (TPSA) is 73.2 Å². The van der Waals surface area contributed by atoms with Gasteiger partial charge in [0.1, 0.15) is 6.61 Å². The lowest BCUT2D eigenvalue weighted by Gasteiger charge is -2.10. The summed E-state index contributed by atoms with van der Waals surface area (Å²) in [6, 6.07) is 27.1. The largest absolute Gasteiger partial charge is 0.472 e. The molecule has 0 saturated heterocycles. The van der Waals surface area contributed by atoms with Gasteiger partial charge in [-0.05, 0) is 60.4 Å². The first-order chi connectivity index (χ1) is 16.6. The van der Waals surface area contributed by atoms with Crippen LogP contribution in [0.5, 0.6) is 5.88 Å². The van der Waals surface area contributed by atoms with Crippen molar-refractivity contribution in [3.05, 3.63) is 123 Å². The second-order valence-electron chi connectivity index (χ2n) is 7.73. The fraction of sp³-hybridized carbons (Fsp3) is 0.148. The van der Waals surface area contributed by atoms with Crippen molar-refractivity contribution in [1.29, 1.82) is 0 Å². The van der Waals surface area contributed by atoms with E-state index in [1.807, 2.05) is 30.3 Å². The number of nitrogens with zero attached hydrogens (tertiary/aromatic N) is 2. The highest BCUT2D eigenvalue weighted by molar-refractivity contribution is 6.30. The summed E-state index contributed by atoms with van der Waals surface area (Å²) in [7, 11) is 0. The van der Waals surface area contributed by atoms with Crippen molar-refractivity contribution >= 4 is 17.5 Å². The molecule has 172 valence electrons. The van der Waals surface area contributed by atoms with Gasteiger partial charge in [-0.15, -0.1) is 5.10 Å². The summed E-state index contributed by atoms with van der Waals surface area (Å²) in [5.74, 6) is 0.162. The lowest BCUT2D eigenvalue weighted by molar-refractivity contribution is 0.0953. The Labute approximate surface area is 202 Å². The SMILES string of the molecule is O=C(NCCCc1ccccc1)c1ccc(-n2nc(OCc3ccc(Cl)cc3)ccc2=O)cc1. The normalized spacial score (nSPS) is 10.6. The van der Waals surface area contributed by atoms with E-state index in [2.05, 4.69) is 22.5 Å². The maximum absolute atomic E-state index is 12.4. The molecule has 0 aliphatic carbocycles. The van der Waals surface area contributed by atoms with Crippen molar-refractivity contribution in [1.82, 2.24) is 15.1 Å². The molecule has 3 aromatic carbocycles. The highest BCUT2D eigenvalue weighted by Gasteiger charge is 2.08. The van der Waals surface area contributed by atoms with Gasteiger partial charge in [0.05, 0.1) is 5.69 Å². The van der Waals surface area contributed by atoms with E-state index in [1.165, 1.54) is 22.4 Å². The summed E-state index contributed by atoms with van der Waals surface area (Å²) in [5, 5.41) is 7.88. The van der Waals surface area contributed by atoms with Crippen LogP contribution < -0.4 is 15.6 Å². The molecule has 0 aliphatic rings. The van der Waals surface area contributed by atoms with E-state index in [-0.39, 0.29) is 11.5 Å². The molecule has 0 unspecified atom stereocenters. The highest BCUT2D eigenvalue weighted by atomic mass is 35.5. The third-order valence-corrected chi connectivity index (χ3v) is 5.47. The summed E-state index contributed by atoms with van der Waals surface area (Å²) in [5.41, 5.74) is 2.95. The van der Waals surface area contributed by atoms with Crippen LogP contribution in [-0.4, -0.2) is 22.2 Å². The lowest BCUT2D eigenvalue weighted by Crippen LogP contribution is -2.25. The summed E-state index contributed by atoms with van der Waals surface area (Å²) in [6.45, 7) is 0.884. The average molecular weight is 474 g/mol. The van der Waals surface area contributed by atoms with E-state index in [0.29, 0.717) is 35.3 Å². The van der Waals surface area contributed by atoms with Crippen molar-refractivity contribution in [2.45, 2.75) is 19.4 Å². The van der Waals surface area contributed by atoms with E-state index in [0.717, 1.165) is 18.4 Å². The lowest BCUT2D eigenvalue weighted by atomic mass is 10.1. The molecule has 1 aromatic heterocycles. The molecule has 7 heteroatoms. The monoisotopic (exact) mass is 473 g/mol. The average Bonchev–Trinajstić information content (AvgIpc) is 2.88. The van der Waals surface area contributed by atoms with Gasteiger partial charge in [0.2, 0.25) is 5.88 Å². The van der Waals surface area contributed by atoms with E-state index in [4.69, 9.17) is 16.3 Å². The van der Waals surface area contributed by atoms with Crippen molar-refractivity contribution in [3.63, 3.8) is 0 Å². The van der Waals surface area contributed by atoms with Crippen molar-refractivity contribution in [2.75, 3.05) is 6.54 Å². The number of nitrogens with one attached hydrogen (secondary N) is 1. The maximum Gasteiger partial charge on any atom is 0.271 e. The molecule has 0 atom stereocenters. The third kappa shape index (κ3) is 6.33. The van der Waals surface area contributed by atoms with Gasteiger partial charge in [-0.25, -0.2) is 0 Å². The molecule has 6 nitrogen and oxygen atoms in total. The number of aromatic nitrogens is 2. The molecule has 0 bridgehead atoms. The fourth-order valence-electron chi connectivity index (χ4n) is 3.39. The molecule has 0 aliphatic heterocycles. The standard InChI is InChI=1S/C27H24ClN3O3/c28-23-12-8-21(9-13-23)19-34-25-16-17-26(32)31(30-25)24-14-10-22(11-15-24)27(33)29-18-4-7-20-5-2-1-3-6-20/h1-3,5-6,8-17H,4,7,18-19H2,(H,29,33). The Morgan fingerprint density at radius 2 is 1.62 bits per heavy atom. The number of halogens is 1. The molecular formula is C27H24ClN3O3. The first kappa shape index (κ1) is 23.3. The van der Waals surface area contributed by atoms with Gasteiger partial charge in [-0.3, -0.25) is 9.59 Å². The van der Waals surface area contributed by atoms with Crippen LogP contribution in [0.4, 0.5) is 0 Å². The summed E-state index contributed by atoms with van der Waals surface area (Å²) in [6.07, 6.45) is 1.76. The van der Waals surface area contributed by atoms with Gasteiger partial charge in [0, 0.05) is 29.3 Å². The molecule has 1 amide bonds. The minimum Gasteiger partial charge on any atom is -0.472 e. The zero-order valence-corrected chi connectivity index (χ0v) is 19.2. The molecule has 1 N–H and O–H groups in total. The molecule has 0 radical (unpaired) electrons. The Morgan fingerprint density at radius 3 is 2.35 bits per heavy atom. The number of hydrogen-bond donors (Lipinski definition) is 1. The number of hydrogen-bond acceptors (Lipinski definition) is 4. The number of aryl methyl sites for hydroxylation is 1. The van der Waals surface area contributed by atoms with Crippen molar-refractivity contribution < 1.29 is 9.53 Å². The fourth-order valence-corrected chi connectivity index (χ4v) is 3.52. The van der Waals surface area contributed by atoms with Crippen molar-refractivity contribution in [3.8, 4) is 11.6 Å². The number of amides is 1. The van der Waals surface area contributed by atoms with Crippen LogP contribution >= 0.6 is 11.6 Å². The molecule has 34 heavy (non-hydrogen) atoms. The zero-order valence-electron chi connectivity index (χ0n) is 18.5. The predicted molar refractivity (Wildman–Crippen MR) is 133 cm³/mol. The smallest absolute Gasteiger partial charge is 0.271 e. The number of benzene rings is 3. The van der Waals surface area contributed by atoms with Crippen molar-refractivity contribution in [2.24, 2.45) is 0 Å². The van der Waals surface area contributed by atoms with Crippen LogP contribution in [0.25, 0.3) is 5.69 Å². The minimum atomic E-state index is -0.294. The van der Waals surface area contributed by atoms with E-state index in [1.54, 1.807) is 36.4 Å². The maximum atomic E-state index is 12.4. The zero-order chi connectivity index (χ0) is 23.8. The van der Waals surface area contributed by atoms with Crippen LogP contribution in [0.2, 0.25) is 5.02 Å². The molecule has 0 spiro atoms. The highest BCUT2D eigenvalue weighted by Crippen LogP contribution is 2.13. The number of carbonyl (C=O) groups excluding carboxylic acids is 1. The molecule has 1 heterocycles. The van der Waals surface area contributed by atoms with Crippen LogP contribution in [0.1, 0.15) is 27.9 Å². The Hall–Kier alpha value is -3.90. The summed E-state index contributed by atoms with van der Waals surface area (Å²) in [4.78, 5) is 24.8. The number of carbonyl (C=O) groups is 1. The summed E-state index contributed by atoms with van der Waals surface area (Å²) < 4.78 is 6.97. The molecule has 4 rings (SSSR count). The minimum absolute atomic E-state index is 0.153. The first-order valence-electron chi connectivity index (χ1n) is 11.0. The Kier molecular flexibility index (Phi) is 7.73. The van der Waals surface area contributed by atoms with Gasteiger partial charge in [0.15, 0.2) is 0 Å². The molecule has 0 fully saturated rings. The Morgan fingerprint density at radius 1 is 0.882 bits per heavy atom. The van der Waals surface area contributed by atoms with E-state index < -0.39 is 0 Å².